The summed E-state index contributed by atoms with van der Waals surface area (Å²) in [5.74, 6) is -0.361. The van der Waals surface area contributed by atoms with Crippen LogP contribution in [0.1, 0.15) is 41.2 Å². The van der Waals surface area contributed by atoms with Crippen LogP contribution in [0.25, 0.3) is 17.2 Å². The van der Waals surface area contributed by atoms with E-state index in [1.165, 1.54) is 16.7 Å². The van der Waals surface area contributed by atoms with Crippen LogP contribution in [-0.4, -0.2) is 18.2 Å². The van der Waals surface area contributed by atoms with E-state index in [0.29, 0.717) is 5.75 Å². The van der Waals surface area contributed by atoms with Crippen molar-refractivity contribution in [3.05, 3.63) is 101 Å². The first-order valence-electron chi connectivity index (χ1n) is 10.6. The molecule has 0 aliphatic carbocycles. The summed E-state index contributed by atoms with van der Waals surface area (Å²) in [6, 6.07) is 22.8. The number of carboxylic acids is 1. The molecule has 1 heterocycles. The van der Waals surface area contributed by atoms with Crippen molar-refractivity contribution in [3.63, 3.8) is 0 Å². The monoisotopic (exact) mass is 426 g/mol. The number of benzene rings is 3. The van der Waals surface area contributed by atoms with Gasteiger partial charge >= 0.3 is 5.97 Å². The Morgan fingerprint density at radius 1 is 1.03 bits per heavy atom. The summed E-state index contributed by atoms with van der Waals surface area (Å²) in [7, 11) is 1.60. The molecule has 162 valence electrons. The molecule has 5 heteroatoms. The Balaban J connectivity index is 1.92. The van der Waals surface area contributed by atoms with Crippen LogP contribution in [0.2, 0.25) is 0 Å². The van der Waals surface area contributed by atoms with E-state index < -0.39 is 5.97 Å². The van der Waals surface area contributed by atoms with Gasteiger partial charge < -0.3 is 15.3 Å². The van der Waals surface area contributed by atoms with Crippen molar-refractivity contribution in [1.29, 1.82) is 0 Å². The first-order chi connectivity index (χ1) is 15.6. The number of fused-ring (bicyclic) bond motifs is 1. The molecule has 0 saturated carbocycles. The highest BCUT2D eigenvalue weighted by Crippen LogP contribution is 2.38. The molecular weight excluding hydrogens is 400 g/mol. The van der Waals surface area contributed by atoms with Crippen molar-refractivity contribution in [2.75, 3.05) is 12.5 Å². The molecule has 3 aromatic carbocycles. The maximum Gasteiger partial charge on any atom is 0.328 e. The van der Waals surface area contributed by atoms with Crippen molar-refractivity contribution in [3.8, 4) is 5.75 Å². The van der Waals surface area contributed by atoms with E-state index in [0.717, 1.165) is 47.0 Å². The number of hydrogen-bond acceptors (Lipinski definition) is 4. The lowest BCUT2D eigenvalue weighted by molar-refractivity contribution is -0.131. The summed E-state index contributed by atoms with van der Waals surface area (Å²) in [6.45, 7) is 2.94. The van der Waals surface area contributed by atoms with Crippen LogP contribution >= 0.6 is 0 Å². The molecule has 3 N–H and O–H groups in total. The van der Waals surface area contributed by atoms with Crippen molar-refractivity contribution >= 4 is 28.9 Å². The average molecular weight is 427 g/mol. The van der Waals surface area contributed by atoms with Gasteiger partial charge in [-0.2, -0.15) is 0 Å². The zero-order chi connectivity index (χ0) is 22.5. The van der Waals surface area contributed by atoms with Gasteiger partial charge in [0, 0.05) is 18.2 Å². The number of carboxylic acid groups (broad SMARTS) is 1. The van der Waals surface area contributed by atoms with Crippen molar-refractivity contribution in [2.24, 2.45) is 0 Å². The van der Waals surface area contributed by atoms with Gasteiger partial charge in [-0.1, -0.05) is 55.5 Å². The van der Waals surface area contributed by atoms with Crippen LogP contribution in [0.4, 0.5) is 5.69 Å². The molecule has 0 saturated heterocycles. The van der Waals surface area contributed by atoms with Crippen LogP contribution < -0.4 is 15.6 Å². The molecule has 0 spiro atoms. The average Bonchev–Trinajstić information content (AvgIpc) is 3.29. The quantitative estimate of drug-likeness (QED) is 0.339. The van der Waals surface area contributed by atoms with Crippen LogP contribution in [0.5, 0.6) is 5.75 Å². The summed E-state index contributed by atoms with van der Waals surface area (Å²) in [5.41, 5.74) is 15.1. The number of allylic oxidation sites excluding steroid dienone is 1. The third kappa shape index (κ3) is 4.43. The summed E-state index contributed by atoms with van der Waals surface area (Å²) < 4.78 is 5.61. The number of hydrogen-bond donors (Lipinski definition) is 3. The summed E-state index contributed by atoms with van der Waals surface area (Å²) in [5, 5.41) is 8.99. The number of carbonyl (C=O) groups is 1. The molecule has 0 atom stereocenters. The zero-order valence-corrected chi connectivity index (χ0v) is 18.2. The van der Waals surface area contributed by atoms with Gasteiger partial charge in [-0.3, -0.25) is 0 Å². The SMILES string of the molecule is CC/C(=C(\c1ccc2c(c1)CNN2)c1ccc(/C=C/C(=O)O)c(OC)c1)c1ccccc1. The minimum atomic E-state index is -0.991. The number of ether oxygens (including phenoxy) is 1. The summed E-state index contributed by atoms with van der Waals surface area (Å²) >= 11 is 0. The van der Waals surface area contributed by atoms with E-state index in [-0.39, 0.29) is 0 Å². The highest BCUT2D eigenvalue weighted by molar-refractivity contribution is 5.99. The molecule has 4 rings (SSSR count). The molecule has 3 aromatic rings. The van der Waals surface area contributed by atoms with Crippen LogP contribution in [-0.2, 0) is 11.3 Å². The van der Waals surface area contributed by atoms with Gasteiger partial charge in [0.1, 0.15) is 5.75 Å². The number of anilines is 1. The van der Waals surface area contributed by atoms with Crippen molar-refractivity contribution in [1.82, 2.24) is 5.43 Å². The number of methoxy groups -OCH3 is 1. The fourth-order valence-electron chi connectivity index (χ4n) is 4.10. The second-order valence-corrected chi connectivity index (χ2v) is 7.55. The maximum absolute atomic E-state index is 11.0. The Morgan fingerprint density at radius 2 is 1.78 bits per heavy atom. The molecule has 1 aliphatic rings. The number of aliphatic carboxylic acids is 1. The largest absolute Gasteiger partial charge is 0.496 e. The van der Waals surface area contributed by atoms with Crippen molar-refractivity contribution < 1.29 is 14.6 Å². The number of nitrogens with one attached hydrogen (secondary N) is 2. The molecular formula is C27H26N2O3. The van der Waals surface area contributed by atoms with Crippen LogP contribution in [0, 0.1) is 0 Å². The Morgan fingerprint density at radius 3 is 2.50 bits per heavy atom. The number of hydrazine groups is 1. The Kier molecular flexibility index (Phi) is 6.38. The van der Waals surface area contributed by atoms with Crippen molar-refractivity contribution in [2.45, 2.75) is 19.9 Å². The Labute approximate surface area is 188 Å². The molecule has 1 aliphatic heterocycles. The van der Waals surface area contributed by atoms with Gasteiger partial charge in [-0.15, -0.1) is 0 Å². The first kappa shape index (κ1) is 21.4. The van der Waals surface area contributed by atoms with E-state index in [1.54, 1.807) is 13.2 Å². The third-order valence-electron chi connectivity index (χ3n) is 5.60. The lowest BCUT2D eigenvalue weighted by atomic mass is 9.87. The Hall–Kier alpha value is -3.83. The first-order valence-corrected chi connectivity index (χ1v) is 10.6. The normalized spacial score (nSPS) is 13.4. The highest BCUT2D eigenvalue weighted by Gasteiger charge is 2.17. The topological polar surface area (TPSA) is 70.6 Å². The lowest BCUT2D eigenvalue weighted by Crippen LogP contribution is -2.10. The lowest BCUT2D eigenvalue weighted by Gasteiger charge is -2.18. The zero-order valence-electron chi connectivity index (χ0n) is 18.2. The summed E-state index contributed by atoms with van der Waals surface area (Å²) in [6.07, 6.45) is 3.53. The van der Waals surface area contributed by atoms with Crippen LogP contribution in [0.3, 0.4) is 0 Å². The van der Waals surface area contributed by atoms with Gasteiger partial charge in [0.2, 0.25) is 0 Å². The van der Waals surface area contributed by atoms with E-state index in [2.05, 4.69) is 60.2 Å². The minimum absolute atomic E-state index is 0.630. The smallest absolute Gasteiger partial charge is 0.328 e. The Bertz CT molecular complexity index is 1200. The van der Waals surface area contributed by atoms with Gasteiger partial charge in [-0.05, 0) is 64.1 Å². The van der Waals surface area contributed by atoms with E-state index in [4.69, 9.17) is 9.84 Å². The minimum Gasteiger partial charge on any atom is -0.496 e. The standard InChI is InChI=1S/C27H26N2O3/c1-3-23(18-7-5-4-6-8-18)27(20-11-13-24-22(15-20)17-28-29-24)21-10-9-19(12-14-26(30)31)25(16-21)32-2/h4-16,28-29H,3,17H2,1-2H3,(H,30,31)/b14-12+,27-23-. The number of rotatable bonds is 7. The summed E-state index contributed by atoms with van der Waals surface area (Å²) in [4.78, 5) is 11.0. The highest BCUT2D eigenvalue weighted by atomic mass is 16.5. The molecule has 5 nitrogen and oxygen atoms in total. The molecule has 0 radical (unpaired) electrons. The molecule has 0 bridgehead atoms. The van der Waals surface area contributed by atoms with Gasteiger partial charge in [0.05, 0.1) is 12.8 Å². The second-order valence-electron chi connectivity index (χ2n) is 7.55. The predicted octanol–water partition coefficient (Wildman–Crippen LogP) is 5.59. The molecule has 0 unspecified atom stereocenters. The molecule has 0 aromatic heterocycles. The van der Waals surface area contributed by atoms with Gasteiger partial charge in [-0.25, -0.2) is 10.2 Å². The fourth-order valence-corrected chi connectivity index (χ4v) is 4.10. The van der Waals surface area contributed by atoms with Gasteiger partial charge in [0.25, 0.3) is 0 Å². The second kappa shape index (κ2) is 9.54. The molecule has 32 heavy (non-hydrogen) atoms. The van der Waals surface area contributed by atoms with E-state index in [9.17, 15) is 4.79 Å². The fraction of sp³-hybridized carbons (Fsp3) is 0.148. The predicted molar refractivity (Wildman–Crippen MR) is 129 cm³/mol. The third-order valence-corrected chi connectivity index (χ3v) is 5.60. The van der Waals surface area contributed by atoms with Crippen LogP contribution in [0.15, 0.2) is 72.8 Å². The van der Waals surface area contributed by atoms with Gasteiger partial charge in [0.15, 0.2) is 0 Å². The molecule has 0 fully saturated rings. The van der Waals surface area contributed by atoms with E-state index >= 15 is 0 Å². The maximum atomic E-state index is 11.0. The van der Waals surface area contributed by atoms with E-state index in [1.807, 2.05) is 24.3 Å². The molecule has 0 amide bonds.